The number of nitrogens with zero attached hydrogens (tertiary/aromatic N) is 5. The molecule has 1 saturated heterocycles. The van der Waals surface area contributed by atoms with Crippen LogP contribution in [0, 0.1) is 13.8 Å². The van der Waals surface area contributed by atoms with Gasteiger partial charge in [-0.15, -0.1) is 0 Å². The highest BCUT2D eigenvalue weighted by molar-refractivity contribution is 5.95. The van der Waals surface area contributed by atoms with E-state index in [0.29, 0.717) is 0 Å². The number of aryl methyl sites for hydroxylation is 2. The van der Waals surface area contributed by atoms with E-state index in [1.807, 2.05) is 26.0 Å². The van der Waals surface area contributed by atoms with Gasteiger partial charge in [-0.2, -0.15) is 5.10 Å². The predicted molar refractivity (Wildman–Crippen MR) is 102 cm³/mol. The van der Waals surface area contributed by atoms with Crippen LogP contribution >= 0.6 is 0 Å². The number of aromatic nitrogens is 4. The van der Waals surface area contributed by atoms with Crippen LogP contribution in [0.4, 0.5) is 5.69 Å². The summed E-state index contributed by atoms with van der Waals surface area (Å²) in [5, 5.41) is 8.30. The Morgan fingerprint density at radius 3 is 2.62 bits per heavy atom. The van der Waals surface area contributed by atoms with Crippen molar-refractivity contribution >= 4 is 16.6 Å². The SMILES string of the molecule is COc1cccc2c(N3CCN(Cc4n[nH]c(C)n4)CC3)cc(C)nc12. The maximum atomic E-state index is 5.50. The molecule has 7 heteroatoms. The number of anilines is 1. The molecule has 0 aliphatic carbocycles. The second-order valence-electron chi connectivity index (χ2n) is 6.74. The van der Waals surface area contributed by atoms with Crippen LogP contribution in [0.3, 0.4) is 0 Å². The summed E-state index contributed by atoms with van der Waals surface area (Å²) >= 11 is 0. The number of aromatic amines is 1. The van der Waals surface area contributed by atoms with E-state index in [9.17, 15) is 0 Å². The van der Waals surface area contributed by atoms with Gasteiger partial charge >= 0.3 is 0 Å². The second kappa shape index (κ2) is 6.92. The molecule has 2 aromatic heterocycles. The fourth-order valence-electron chi connectivity index (χ4n) is 3.56. The van der Waals surface area contributed by atoms with Crippen molar-refractivity contribution in [1.82, 2.24) is 25.1 Å². The summed E-state index contributed by atoms with van der Waals surface area (Å²) in [6.07, 6.45) is 0. The van der Waals surface area contributed by atoms with E-state index in [1.54, 1.807) is 7.11 Å². The Balaban J connectivity index is 1.54. The summed E-state index contributed by atoms with van der Waals surface area (Å²) in [7, 11) is 1.70. The summed E-state index contributed by atoms with van der Waals surface area (Å²) < 4.78 is 5.50. The molecule has 0 amide bonds. The molecular formula is C19H24N6O. The predicted octanol–water partition coefficient (Wildman–Crippen LogP) is 2.30. The number of hydrogen-bond donors (Lipinski definition) is 1. The Hall–Kier alpha value is -2.67. The molecule has 7 nitrogen and oxygen atoms in total. The fraction of sp³-hybridized carbons (Fsp3) is 0.421. The lowest BCUT2D eigenvalue weighted by Crippen LogP contribution is -2.46. The lowest BCUT2D eigenvalue weighted by Gasteiger charge is -2.36. The minimum Gasteiger partial charge on any atom is -0.494 e. The minimum absolute atomic E-state index is 0.794. The molecule has 4 rings (SSSR count). The van der Waals surface area contributed by atoms with Crippen molar-refractivity contribution in [2.24, 2.45) is 0 Å². The molecule has 0 saturated carbocycles. The van der Waals surface area contributed by atoms with E-state index in [4.69, 9.17) is 9.72 Å². The zero-order chi connectivity index (χ0) is 18.1. The third-order valence-corrected chi connectivity index (χ3v) is 4.85. The smallest absolute Gasteiger partial charge is 0.164 e. The molecule has 136 valence electrons. The second-order valence-corrected chi connectivity index (χ2v) is 6.74. The van der Waals surface area contributed by atoms with Crippen molar-refractivity contribution in [2.75, 3.05) is 38.2 Å². The number of benzene rings is 1. The van der Waals surface area contributed by atoms with E-state index in [2.05, 4.69) is 37.1 Å². The van der Waals surface area contributed by atoms with Gasteiger partial charge in [-0.05, 0) is 26.0 Å². The van der Waals surface area contributed by atoms with E-state index in [1.165, 1.54) is 5.69 Å². The molecule has 3 heterocycles. The summed E-state index contributed by atoms with van der Waals surface area (Å²) in [5.41, 5.74) is 3.18. The molecule has 1 aromatic carbocycles. The molecule has 1 fully saturated rings. The van der Waals surface area contributed by atoms with Crippen molar-refractivity contribution in [3.8, 4) is 5.75 Å². The van der Waals surface area contributed by atoms with Gasteiger partial charge < -0.3 is 9.64 Å². The topological polar surface area (TPSA) is 70.2 Å². The molecule has 0 spiro atoms. The van der Waals surface area contributed by atoms with Crippen LogP contribution in [0.1, 0.15) is 17.3 Å². The monoisotopic (exact) mass is 352 g/mol. The van der Waals surface area contributed by atoms with E-state index in [0.717, 1.165) is 66.7 Å². The lowest BCUT2D eigenvalue weighted by molar-refractivity contribution is 0.244. The number of methoxy groups -OCH3 is 1. The van der Waals surface area contributed by atoms with Crippen LogP contribution in [0.15, 0.2) is 24.3 Å². The van der Waals surface area contributed by atoms with Crippen LogP contribution < -0.4 is 9.64 Å². The first-order valence-corrected chi connectivity index (χ1v) is 8.93. The van der Waals surface area contributed by atoms with Crippen LogP contribution in [-0.2, 0) is 6.54 Å². The number of piperazine rings is 1. The zero-order valence-electron chi connectivity index (χ0n) is 15.5. The van der Waals surface area contributed by atoms with Crippen molar-refractivity contribution in [3.63, 3.8) is 0 Å². The quantitative estimate of drug-likeness (QED) is 0.777. The molecular weight excluding hydrogens is 328 g/mol. The Kier molecular flexibility index (Phi) is 4.46. The standard InChI is InChI=1S/C19H24N6O/c1-13-11-16(15-5-4-6-17(26-3)19(15)20-13)25-9-7-24(8-10-25)12-18-21-14(2)22-23-18/h4-6,11H,7-10,12H2,1-3H3,(H,21,22,23). The first kappa shape index (κ1) is 16.8. The largest absolute Gasteiger partial charge is 0.494 e. The lowest BCUT2D eigenvalue weighted by atomic mass is 10.1. The molecule has 26 heavy (non-hydrogen) atoms. The Morgan fingerprint density at radius 2 is 1.92 bits per heavy atom. The zero-order valence-corrected chi connectivity index (χ0v) is 15.5. The summed E-state index contributed by atoms with van der Waals surface area (Å²) in [4.78, 5) is 13.9. The highest BCUT2D eigenvalue weighted by Crippen LogP contribution is 2.32. The number of ether oxygens (including phenoxy) is 1. The summed E-state index contributed by atoms with van der Waals surface area (Å²) in [6.45, 7) is 8.68. The molecule has 0 bridgehead atoms. The maximum absolute atomic E-state index is 5.50. The van der Waals surface area contributed by atoms with E-state index >= 15 is 0 Å². The minimum atomic E-state index is 0.794. The highest BCUT2D eigenvalue weighted by atomic mass is 16.5. The van der Waals surface area contributed by atoms with Gasteiger partial charge in [0.2, 0.25) is 0 Å². The molecule has 0 unspecified atom stereocenters. The van der Waals surface area contributed by atoms with Gasteiger partial charge in [-0.25, -0.2) is 9.97 Å². The number of nitrogens with one attached hydrogen (secondary N) is 1. The third-order valence-electron chi connectivity index (χ3n) is 4.85. The van der Waals surface area contributed by atoms with Crippen molar-refractivity contribution in [2.45, 2.75) is 20.4 Å². The van der Waals surface area contributed by atoms with E-state index in [-0.39, 0.29) is 0 Å². The number of hydrogen-bond acceptors (Lipinski definition) is 6. The van der Waals surface area contributed by atoms with Gasteiger partial charge in [-0.1, -0.05) is 12.1 Å². The van der Waals surface area contributed by atoms with Crippen LogP contribution in [0.2, 0.25) is 0 Å². The Bertz CT molecular complexity index is 914. The normalized spacial score (nSPS) is 15.6. The molecule has 1 aliphatic rings. The molecule has 1 aliphatic heterocycles. The number of H-pyrrole nitrogens is 1. The van der Waals surface area contributed by atoms with Gasteiger partial charge in [-0.3, -0.25) is 10.00 Å². The molecule has 3 aromatic rings. The molecule has 1 N–H and O–H groups in total. The molecule has 0 atom stereocenters. The molecule has 0 radical (unpaired) electrons. The average Bonchev–Trinajstić information content (AvgIpc) is 3.06. The number of para-hydroxylation sites is 1. The number of pyridine rings is 1. The average molecular weight is 352 g/mol. The van der Waals surface area contributed by atoms with Crippen LogP contribution in [-0.4, -0.2) is 58.4 Å². The number of fused-ring (bicyclic) bond motifs is 1. The number of rotatable bonds is 4. The van der Waals surface area contributed by atoms with Gasteiger partial charge in [0.05, 0.1) is 13.7 Å². The Labute approximate surface area is 153 Å². The van der Waals surface area contributed by atoms with Gasteiger partial charge in [0.15, 0.2) is 5.82 Å². The van der Waals surface area contributed by atoms with Gasteiger partial charge in [0.25, 0.3) is 0 Å². The van der Waals surface area contributed by atoms with E-state index < -0.39 is 0 Å². The van der Waals surface area contributed by atoms with Gasteiger partial charge in [0, 0.05) is 42.9 Å². The van der Waals surface area contributed by atoms with Crippen molar-refractivity contribution < 1.29 is 4.74 Å². The fourth-order valence-corrected chi connectivity index (χ4v) is 3.56. The third kappa shape index (κ3) is 3.22. The first-order valence-electron chi connectivity index (χ1n) is 8.93. The first-order chi connectivity index (χ1) is 12.6. The van der Waals surface area contributed by atoms with Crippen molar-refractivity contribution in [1.29, 1.82) is 0 Å². The highest BCUT2D eigenvalue weighted by Gasteiger charge is 2.21. The van der Waals surface area contributed by atoms with Crippen molar-refractivity contribution in [3.05, 3.63) is 41.6 Å². The Morgan fingerprint density at radius 1 is 1.12 bits per heavy atom. The summed E-state index contributed by atoms with van der Waals surface area (Å²) in [6, 6.07) is 8.30. The van der Waals surface area contributed by atoms with Crippen LogP contribution in [0.5, 0.6) is 5.75 Å². The van der Waals surface area contributed by atoms with Gasteiger partial charge in [0.1, 0.15) is 17.1 Å². The summed E-state index contributed by atoms with van der Waals surface area (Å²) in [5.74, 6) is 2.56. The van der Waals surface area contributed by atoms with Crippen LogP contribution in [0.25, 0.3) is 10.9 Å². The maximum Gasteiger partial charge on any atom is 0.164 e.